The van der Waals surface area contributed by atoms with Gasteiger partial charge in [0, 0.05) is 35.6 Å². The van der Waals surface area contributed by atoms with Gasteiger partial charge < -0.3 is 10.1 Å². The van der Waals surface area contributed by atoms with E-state index in [4.69, 9.17) is 27.9 Å². The molecule has 3 rings (SSSR count). The molecule has 1 amide bonds. The first-order valence-electron chi connectivity index (χ1n) is 9.62. The maximum atomic E-state index is 12.9. The number of hydrogen-bond acceptors (Lipinski definition) is 5. The van der Waals surface area contributed by atoms with Crippen LogP contribution in [0.4, 0.5) is 0 Å². The summed E-state index contributed by atoms with van der Waals surface area (Å²) in [6.45, 7) is 0.716. The average molecular weight is 485 g/mol. The Bertz CT molecular complexity index is 1060. The minimum absolute atomic E-state index is 0.0402. The van der Waals surface area contributed by atoms with E-state index >= 15 is 0 Å². The highest BCUT2D eigenvalue weighted by Gasteiger charge is 2.32. The smallest absolute Gasteiger partial charge is 0.337 e. The fraction of sp³-hybridized carbons (Fsp3) is 0.333. The topological polar surface area (TPSA) is 92.8 Å². The molecule has 2 aromatic carbocycles. The predicted octanol–water partition coefficient (Wildman–Crippen LogP) is 3.50. The van der Waals surface area contributed by atoms with Crippen molar-refractivity contribution in [2.45, 2.75) is 24.3 Å². The maximum Gasteiger partial charge on any atom is 0.337 e. The highest BCUT2D eigenvalue weighted by atomic mass is 35.5. The summed E-state index contributed by atoms with van der Waals surface area (Å²) in [7, 11) is -2.43. The first-order valence-corrected chi connectivity index (χ1v) is 11.8. The highest BCUT2D eigenvalue weighted by molar-refractivity contribution is 7.89. The van der Waals surface area contributed by atoms with E-state index in [-0.39, 0.29) is 46.4 Å². The molecule has 1 N–H and O–H groups in total. The monoisotopic (exact) mass is 484 g/mol. The van der Waals surface area contributed by atoms with Crippen LogP contribution in [0, 0.1) is 5.92 Å². The molecule has 166 valence electrons. The van der Waals surface area contributed by atoms with Gasteiger partial charge in [0.05, 0.1) is 17.6 Å². The minimum Gasteiger partial charge on any atom is -0.465 e. The Morgan fingerprint density at radius 2 is 1.74 bits per heavy atom. The third-order valence-electron chi connectivity index (χ3n) is 5.11. The van der Waals surface area contributed by atoms with Crippen molar-refractivity contribution in [1.29, 1.82) is 0 Å². The number of carbonyl (C=O) groups excluding carboxylic acids is 2. The van der Waals surface area contributed by atoms with Gasteiger partial charge in [-0.2, -0.15) is 4.31 Å². The first-order chi connectivity index (χ1) is 14.7. The largest absolute Gasteiger partial charge is 0.465 e. The summed E-state index contributed by atoms with van der Waals surface area (Å²) in [5.74, 6) is -0.882. The second-order valence-electron chi connectivity index (χ2n) is 7.19. The Labute approximate surface area is 191 Å². The van der Waals surface area contributed by atoms with Gasteiger partial charge in [0.15, 0.2) is 0 Å². The number of halogens is 2. The van der Waals surface area contributed by atoms with Crippen LogP contribution in [0.15, 0.2) is 47.4 Å². The zero-order chi connectivity index (χ0) is 22.6. The van der Waals surface area contributed by atoms with E-state index in [1.54, 1.807) is 24.3 Å². The quantitative estimate of drug-likeness (QED) is 0.633. The first kappa shape index (κ1) is 23.5. The molecule has 0 spiro atoms. The van der Waals surface area contributed by atoms with Crippen LogP contribution in [0.25, 0.3) is 0 Å². The number of benzene rings is 2. The molecule has 7 nitrogen and oxygen atoms in total. The van der Waals surface area contributed by atoms with Gasteiger partial charge in [-0.3, -0.25) is 4.79 Å². The molecular weight excluding hydrogens is 463 g/mol. The second kappa shape index (κ2) is 9.99. The molecule has 0 aliphatic carbocycles. The number of piperidine rings is 1. The molecule has 0 bridgehead atoms. The van der Waals surface area contributed by atoms with E-state index in [2.05, 4.69) is 5.32 Å². The van der Waals surface area contributed by atoms with Crippen LogP contribution in [0.3, 0.4) is 0 Å². The van der Waals surface area contributed by atoms with Crippen LogP contribution in [-0.2, 0) is 26.1 Å². The minimum atomic E-state index is -3.74. The molecule has 1 aliphatic rings. The molecule has 1 aliphatic heterocycles. The lowest BCUT2D eigenvalue weighted by Crippen LogP contribution is -2.42. The average Bonchev–Trinajstić information content (AvgIpc) is 2.76. The van der Waals surface area contributed by atoms with Gasteiger partial charge in [-0.1, -0.05) is 35.3 Å². The lowest BCUT2D eigenvalue weighted by molar-refractivity contribution is -0.126. The molecule has 0 unspecified atom stereocenters. The standard InChI is InChI=1S/C21H22Cl2N2O5S/c1-30-21(27)16-4-2-3-14(9-16)13-24-20(26)15-5-7-25(8-6-15)31(28,29)19-11-17(22)10-18(23)12-19/h2-4,9-12,15H,5-8,13H2,1H3,(H,24,26). The van der Waals surface area contributed by atoms with Gasteiger partial charge in [-0.05, 0) is 48.7 Å². The van der Waals surface area contributed by atoms with Crippen LogP contribution in [0.5, 0.6) is 0 Å². The van der Waals surface area contributed by atoms with Gasteiger partial charge in [0.2, 0.25) is 15.9 Å². The number of hydrogen-bond donors (Lipinski definition) is 1. The molecule has 0 atom stereocenters. The molecule has 10 heteroatoms. The van der Waals surface area contributed by atoms with Gasteiger partial charge in [-0.25, -0.2) is 13.2 Å². The lowest BCUT2D eigenvalue weighted by Gasteiger charge is -2.30. The number of esters is 1. The number of carbonyl (C=O) groups is 2. The Kier molecular flexibility index (Phi) is 7.59. The summed E-state index contributed by atoms with van der Waals surface area (Å²) in [5, 5.41) is 3.35. The number of amides is 1. The Morgan fingerprint density at radius 1 is 1.10 bits per heavy atom. The summed E-state index contributed by atoms with van der Waals surface area (Å²) in [6, 6.07) is 11.0. The van der Waals surface area contributed by atoms with E-state index in [0.29, 0.717) is 18.4 Å². The summed E-state index contributed by atoms with van der Waals surface area (Å²) in [4.78, 5) is 24.2. The molecule has 1 saturated heterocycles. The van der Waals surface area contributed by atoms with E-state index in [1.165, 1.54) is 29.6 Å². The normalized spacial score (nSPS) is 15.5. The van der Waals surface area contributed by atoms with E-state index in [9.17, 15) is 18.0 Å². The molecule has 0 radical (unpaired) electrons. The number of ether oxygens (including phenoxy) is 1. The van der Waals surface area contributed by atoms with Crippen LogP contribution in [0.2, 0.25) is 10.0 Å². The lowest BCUT2D eigenvalue weighted by atomic mass is 9.97. The van der Waals surface area contributed by atoms with Gasteiger partial charge >= 0.3 is 5.97 Å². The summed E-state index contributed by atoms with van der Waals surface area (Å²) in [5.41, 5.74) is 1.18. The molecular formula is C21H22Cl2N2O5S. The van der Waals surface area contributed by atoms with E-state index < -0.39 is 16.0 Å². The van der Waals surface area contributed by atoms with Gasteiger partial charge in [-0.15, -0.1) is 0 Å². The number of nitrogens with zero attached hydrogens (tertiary/aromatic N) is 1. The Morgan fingerprint density at radius 3 is 2.35 bits per heavy atom. The second-order valence-corrected chi connectivity index (χ2v) is 10.0. The number of rotatable bonds is 6. The number of nitrogens with one attached hydrogen (secondary N) is 1. The van der Waals surface area contributed by atoms with E-state index in [1.807, 2.05) is 0 Å². The molecule has 1 heterocycles. The summed E-state index contributed by atoms with van der Waals surface area (Å²) >= 11 is 11.9. The Balaban J connectivity index is 1.57. The maximum absolute atomic E-state index is 12.9. The van der Waals surface area contributed by atoms with E-state index in [0.717, 1.165) is 5.56 Å². The summed E-state index contributed by atoms with van der Waals surface area (Å²) in [6.07, 6.45) is 0.809. The Hall–Kier alpha value is -2.13. The van der Waals surface area contributed by atoms with Crippen LogP contribution < -0.4 is 5.32 Å². The van der Waals surface area contributed by atoms with Crippen LogP contribution >= 0.6 is 23.2 Å². The van der Waals surface area contributed by atoms with Crippen molar-refractivity contribution in [2.24, 2.45) is 5.92 Å². The van der Waals surface area contributed by atoms with Crippen molar-refractivity contribution in [3.8, 4) is 0 Å². The summed E-state index contributed by atoms with van der Waals surface area (Å²) < 4.78 is 31.8. The zero-order valence-corrected chi connectivity index (χ0v) is 19.1. The number of methoxy groups -OCH3 is 1. The van der Waals surface area contributed by atoms with Crippen molar-refractivity contribution in [3.63, 3.8) is 0 Å². The van der Waals surface area contributed by atoms with Crippen molar-refractivity contribution < 1.29 is 22.7 Å². The number of sulfonamides is 1. The van der Waals surface area contributed by atoms with Gasteiger partial charge in [0.25, 0.3) is 0 Å². The highest BCUT2D eigenvalue weighted by Crippen LogP contribution is 2.28. The SMILES string of the molecule is COC(=O)c1cccc(CNC(=O)C2CCN(S(=O)(=O)c3cc(Cl)cc(Cl)c3)CC2)c1. The van der Waals surface area contributed by atoms with Crippen LogP contribution in [0.1, 0.15) is 28.8 Å². The predicted molar refractivity (Wildman–Crippen MR) is 118 cm³/mol. The fourth-order valence-electron chi connectivity index (χ4n) is 3.44. The van der Waals surface area contributed by atoms with Crippen molar-refractivity contribution in [3.05, 3.63) is 63.6 Å². The molecule has 1 fully saturated rings. The third kappa shape index (κ3) is 5.77. The van der Waals surface area contributed by atoms with Crippen LogP contribution in [-0.4, -0.2) is 44.8 Å². The molecule has 0 saturated carbocycles. The third-order valence-corrected chi connectivity index (χ3v) is 7.43. The molecule has 0 aromatic heterocycles. The van der Waals surface area contributed by atoms with Crippen molar-refractivity contribution in [1.82, 2.24) is 9.62 Å². The zero-order valence-electron chi connectivity index (χ0n) is 16.8. The van der Waals surface area contributed by atoms with Gasteiger partial charge in [0.1, 0.15) is 0 Å². The van der Waals surface area contributed by atoms with Crippen molar-refractivity contribution in [2.75, 3.05) is 20.2 Å². The fourth-order valence-corrected chi connectivity index (χ4v) is 5.64. The van der Waals surface area contributed by atoms with Crippen molar-refractivity contribution >= 4 is 45.1 Å². The molecule has 2 aromatic rings. The molecule has 31 heavy (non-hydrogen) atoms.